The van der Waals surface area contributed by atoms with Crippen molar-refractivity contribution in [3.05, 3.63) is 51.7 Å². The lowest BCUT2D eigenvalue weighted by Crippen LogP contribution is -2.38. The number of rotatable bonds is 6. The lowest BCUT2D eigenvalue weighted by molar-refractivity contribution is 0.0959. The molecule has 0 saturated heterocycles. The number of carbonyl (C=O) groups is 1. The van der Waals surface area contributed by atoms with Gasteiger partial charge in [-0.3, -0.25) is 9.10 Å². The van der Waals surface area contributed by atoms with Crippen LogP contribution in [-0.2, 0) is 10.0 Å². The number of nitrogens with zero attached hydrogens (tertiary/aromatic N) is 1. The lowest BCUT2D eigenvalue weighted by atomic mass is 10.1. The van der Waals surface area contributed by atoms with E-state index in [9.17, 15) is 13.2 Å². The third-order valence-corrected chi connectivity index (χ3v) is 5.59. The third-order valence-electron chi connectivity index (χ3n) is 3.52. The van der Waals surface area contributed by atoms with Crippen molar-refractivity contribution in [3.63, 3.8) is 0 Å². The van der Waals surface area contributed by atoms with Crippen LogP contribution in [0.15, 0.2) is 35.7 Å². The molecule has 0 aliphatic carbocycles. The molecule has 124 valence electrons. The van der Waals surface area contributed by atoms with E-state index >= 15 is 0 Å². The Morgan fingerprint density at radius 1 is 1.22 bits per heavy atom. The van der Waals surface area contributed by atoms with E-state index in [0.29, 0.717) is 10.6 Å². The fraction of sp³-hybridized carbons (Fsp3) is 0.312. The maximum Gasteiger partial charge on any atom is 0.261 e. The molecule has 0 saturated carbocycles. The molecule has 0 aliphatic rings. The third kappa shape index (κ3) is 4.56. The highest BCUT2D eigenvalue weighted by Gasteiger charge is 2.18. The molecular formula is C16H20N2O3S2. The summed E-state index contributed by atoms with van der Waals surface area (Å²) in [5.41, 5.74) is 2.74. The van der Waals surface area contributed by atoms with Gasteiger partial charge in [0.25, 0.3) is 5.91 Å². The fourth-order valence-electron chi connectivity index (χ4n) is 2.13. The summed E-state index contributed by atoms with van der Waals surface area (Å²) >= 11 is 1.35. The van der Waals surface area contributed by atoms with Gasteiger partial charge in [-0.1, -0.05) is 12.1 Å². The van der Waals surface area contributed by atoms with E-state index in [4.69, 9.17) is 0 Å². The minimum atomic E-state index is -3.41. The quantitative estimate of drug-likeness (QED) is 0.869. The SMILES string of the molecule is Cc1ccc(N(CCNC(=O)c2cccs2)S(C)(=O)=O)cc1C. The van der Waals surface area contributed by atoms with Gasteiger partial charge in [0, 0.05) is 6.54 Å². The maximum absolute atomic E-state index is 12.0. The molecule has 0 fully saturated rings. The maximum atomic E-state index is 12.0. The number of nitrogens with one attached hydrogen (secondary N) is 1. The summed E-state index contributed by atoms with van der Waals surface area (Å²) in [6.45, 7) is 4.36. The molecule has 1 amide bonds. The Hall–Kier alpha value is -1.86. The second kappa shape index (κ2) is 7.14. The van der Waals surface area contributed by atoms with Crippen LogP contribution in [0.3, 0.4) is 0 Å². The van der Waals surface area contributed by atoms with Crippen molar-refractivity contribution >= 4 is 33.0 Å². The van der Waals surface area contributed by atoms with Crippen LogP contribution >= 0.6 is 11.3 Å². The Balaban J connectivity index is 2.08. The second-order valence-corrected chi connectivity index (χ2v) is 8.19. The number of carbonyl (C=O) groups excluding carboxylic acids is 1. The van der Waals surface area contributed by atoms with E-state index in [1.54, 1.807) is 18.2 Å². The number of thiophene rings is 1. The van der Waals surface area contributed by atoms with Gasteiger partial charge in [0.1, 0.15) is 0 Å². The number of anilines is 1. The first-order chi connectivity index (χ1) is 10.8. The zero-order valence-electron chi connectivity index (χ0n) is 13.4. The lowest BCUT2D eigenvalue weighted by Gasteiger charge is -2.23. The summed E-state index contributed by atoms with van der Waals surface area (Å²) < 4.78 is 25.4. The normalized spacial score (nSPS) is 11.3. The van der Waals surface area contributed by atoms with Crippen molar-refractivity contribution < 1.29 is 13.2 Å². The molecule has 2 rings (SSSR count). The molecule has 0 unspecified atom stereocenters. The minimum Gasteiger partial charge on any atom is -0.350 e. The first kappa shape index (κ1) is 17.5. The van der Waals surface area contributed by atoms with E-state index in [1.165, 1.54) is 21.9 Å². The average Bonchev–Trinajstić information content (AvgIpc) is 2.99. The van der Waals surface area contributed by atoms with Crippen molar-refractivity contribution in [2.45, 2.75) is 13.8 Å². The zero-order chi connectivity index (χ0) is 17.0. The van der Waals surface area contributed by atoms with Gasteiger partial charge >= 0.3 is 0 Å². The van der Waals surface area contributed by atoms with Crippen LogP contribution in [0.2, 0.25) is 0 Å². The Morgan fingerprint density at radius 2 is 1.96 bits per heavy atom. The number of benzene rings is 1. The van der Waals surface area contributed by atoms with Crippen LogP contribution in [0, 0.1) is 13.8 Å². The number of hydrogen-bond acceptors (Lipinski definition) is 4. The molecule has 1 aromatic carbocycles. The predicted molar refractivity (Wildman–Crippen MR) is 94.8 cm³/mol. The predicted octanol–water partition coefficient (Wildman–Crippen LogP) is 2.56. The van der Waals surface area contributed by atoms with E-state index in [2.05, 4.69) is 5.32 Å². The van der Waals surface area contributed by atoms with Gasteiger partial charge in [-0.2, -0.15) is 0 Å². The Kier molecular flexibility index (Phi) is 5.43. The van der Waals surface area contributed by atoms with Crippen molar-refractivity contribution in [1.82, 2.24) is 5.32 Å². The van der Waals surface area contributed by atoms with Gasteiger partial charge in [-0.25, -0.2) is 8.42 Å². The van der Waals surface area contributed by atoms with E-state index in [0.717, 1.165) is 11.1 Å². The highest BCUT2D eigenvalue weighted by Crippen LogP contribution is 2.20. The molecule has 1 heterocycles. The van der Waals surface area contributed by atoms with Gasteiger partial charge in [0.15, 0.2) is 0 Å². The molecule has 2 aromatic rings. The first-order valence-corrected chi connectivity index (χ1v) is 9.88. The van der Waals surface area contributed by atoms with Crippen molar-refractivity contribution in [1.29, 1.82) is 0 Å². The van der Waals surface area contributed by atoms with E-state index in [1.807, 2.05) is 31.4 Å². The fourth-order valence-corrected chi connectivity index (χ4v) is 3.69. The summed E-state index contributed by atoms with van der Waals surface area (Å²) in [7, 11) is -3.41. The van der Waals surface area contributed by atoms with Gasteiger partial charge in [0.2, 0.25) is 10.0 Å². The number of hydrogen-bond donors (Lipinski definition) is 1. The highest BCUT2D eigenvalue weighted by molar-refractivity contribution is 7.92. The number of aryl methyl sites for hydroxylation is 2. The largest absolute Gasteiger partial charge is 0.350 e. The number of amides is 1. The number of sulfonamides is 1. The van der Waals surface area contributed by atoms with Gasteiger partial charge in [0.05, 0.1) is 23.4 Å². The van der Waals surface area contributed by atoms with Crippen LogP contribution in [0.4, 0.5) is 5.69 Å². The van der Waals surface area contributed by atoms with Crippen molar-refractivity contribution in [2.24, 2.45) is 0 Å². The molecule has 1 aromatic heterocycles. The van der Waals surface area contributed by atoms with Gasteiger partial charge < -0.3 is 5.32 Å². The molecule has 0 atom stereocenters. The monoisotopic (exact) mass is 352 g/mol. The molecule has 7 heteroatoms. The molecule has 0 bridgehead atoms. The van der Waals surface area contributed by atoms with Crippen LogP contribution in [0.1, 0.15) is 20.8 Å². The molecule has 1 N–H and O–H groups in total. The summed E-state index contributed by atoms with van der Waals surface area (Å²) in [4.78, 5) is 12.5. The average molecular weight is 352 g/mol. The molecule has 0 radical (unpaired) electrons. The Labute approximate surface area is 141 Å². The van der Waals surface area contributed by atoms with Crippen LogP contribution in [0.25, 0.3) is 0 Å². The summed E-state index contributed by atoms with van der Waals surface area (Å²) in [5, 5.41) is 4.57. The second-order valence-electron chi connectivity index (χ2n) is 5.34. The van der Waals surface area contributed by atoms with Crippen LogP contribution in [-0.4, -0.2) is 33.7 Å². The van der Waals surface area contributed by atoms with Crippen molar-refractivity contribution in [3.8, 4) is 0 Å². The summed E-state index contributed by atoms with van der Waals surface area (Å²) in [6.07, 6.45) is 1.17. The summed E-state index contributed by atoms with van der Waals surface area (Å²) in [6, 6.07) is 9.06. The molecule has 0 spiro atoms. The Bertz CT molecular complexity index is 784. The standard InChI is InChI=1S/C16H20N2O3S2/c1-12-6-7-14(11-13(12)2)18(23(3,20)21)9-8-17-16(19)15-5-4-10-22-15/h4-7,10-11H,8-9H2,1-3H3,(H,17,19). The molecule has 23 heavy (non-hydrogen) atoms. The highest BCUT2D eigenvalue weighted by atomic mass is 32.2. The smallest absolute Gasteiger partial charge is 0.261 e. The molecular weight excluding hydrogens is 332 g/mol. The van der Waals surface area contributed by atoms with Crippen molar-refractivity contribution in [2.75, 3.05) is 23.7 Å². The Morgan fingerprint density at radius 3 is 2.52 bits per heavy atom. The topological polar surface area (TPSA) is 66.5 Å². The minimum absolute atomic E-state index is 0.187. The molecule has 5 nitrogen and oxygen atoms in total. The van der Waals surface area contributed by atoms with E-state index in [-0.39, 0.29) is 19.0 Å². The first-order valence-electron chi connectivity index (χ1n) is 7.15. The van der Waals surface area contributed by atoms with Gasteiger partial charge in [-0.15, -0.1) is 11.3 Å². The summed E-state index contributed by atoms with van der Waals surface area (Å²) in [5.74, 6) is -0.187. The van der Waals surface area contributed by atoms with Gasteiger partial charge in [-0.05, 0) is 48.6 Å². The van der Waals surface area contributed by atoms with Crippen LogP contribution in [0.5, 0.6) is 0 Å². The zero-order valence-corrected chi connectivity index (χ0v) is 15.0. The van der Waals surface area contributed by atoms with Crippen LogP contribution < -0.4 is 9.62 Å². The molecule has 0 aliphatic heterocycles. The van der Waals surface area contributed by atoms with E-state index < -0.39 is 10.0 Å².